The third kappa shape index (κ3) is 1.95. The van der Waals surface area contributed by atoms with Crippen molar-refractivity contribution in [2.75, 3.05) is 0 Å². The van der Waals surface area contributed by atoms with Crippen LogP contribution in [0.2, 0.25) is 0 Å². The van der Waals surface area contributed by atoms with Crippen molar-refractivity contribution in [3.05, 3.63) is 33.8 Å². The summed E-state index contributed by atoms with van der Waals surface area (Å²) in [5, 5.41) is 18.5. The van der Waals surface area contributed by atoms with E-state index in [9.17, 15) is 19.3 Å². The molecule has 1 heterocycles. The molecule has 0 atom stereocenters. The second-order valence-electron chi connectivity index (χ2n) is 2.09. The summed E-state index contributed by atoms with van der Waals surface area (Å²) in [4.78, 5) is 22.5. The molecule has 6 nitrogen and oxygen atoms in total. The van der Waals surface area contributed by atoms with Gasteiger partial charge in [0.2, 0.25) is 0 Å². The number of nitro groups is 1. The zero-order valence-corrected chi connectivity index (χ0v) is 6.10. The Morgan fingerprint density at radius 3 is 2.69 bits per heavy atom. The van der Waals surface area contributed by atoms with Crippen LogP contribution < -0.4 is 0 Å². The molecule has 0 bridgehead atoms. The van der Waals surface area contributed by atoms with Crippen molar-refractivity contribution in [3.63, 3.8) is 0 Å². The Bertz CT molecular complexity index is 347. The molecule has 7 heteroatoms. The number of hydrogen-bond acceptors (Lipinski definition) is 4. The molecule has 0 saturated heterocycles. The zero-order valence-electron chi connectivity index (χ0n) is 6.10. The van der Waals surface area contributed by atoms with Gasteiger partial charge in [-0.2, -0.15) is 0 Å². The Morgan fingerprint density at radius 2 is 2.23 bits per heavy atom. The monoisotopic (exact) mass is 186 g/mol. The van der Waals surface area contributed by atoms with Gasteiger partial charge in [0.05, 0.1) is 6.07 Å². The number of carboxylic acids is 1. The number of carboxylic acid groups (broad SMARTS) is 1. The lowest BCUT2D eigenvalue weighted by Gasteiger charge is -1.92. The van der Waals surface area contributed by atoms with Crippen LogP contribution in [0.15, 0.2) is 12.1 Å². The van der Waals surface area contributed by atoms with Crippen molar-refractivity contribution in [1.82, 2.24) is 4.98 Å². The fourth-order valence-electron chi connectivity index (χ4n) is 0.687. The largest absolute Gasteiger partial charge is 0.475 e. The predicted molar refractivity (Wildman–Crippen MR) is 37.8 cm³/mol. The van der Waals surface area contributed by atoms with Crippen LogP contribution in [-0.4, -0.2) is 21.0 Å². The van der Waals surface area contributed by atoms with Crippen molar-refractivity contribution < 1.29 is 19.2 Å². The predicted octanol–water partition coefficient (Wildman–Crippen LogP) is 0.827. The number of halogens is 1. The molecule has 0 aromatic carbocycles. The topological polar surface area (TPSA) is 93.3 Å². The van der Waals surface area contributed by atoms with E-state index in [2.05, 4.69) is 4.98 Å². The quantitative estimate of drug-likeness (QED) is 0.545. The number of carbonyl (C=O) groups is 1. The molecule has 0 saturated carbocycles. The van der Waals surface area contributed by atoms with Gasteiger partial charge in [-0.25, -0.2) is 9.18 Å². The highest BCUT2D eigenvalue weighted by molar-refractivity contribution is 5.85. The van der Waals surface area contributed by atoms with Crippen LogP contribution in [0.5, 0.6) is 0 Å². The molecule has 0 unspecified atom stereocenters. The Morgan fingerprint density at radius 1 is 1.62 bits per heavy atom. The van der Waals surface area contributed by atoms with Crippen LogP contribution in [0, 0.1) is 15.9 Å². The fraction of sp³-hybridized carbons (Fsp3) is 0. The molecule has 0 aliphatic rings. The average molecular weight is 186 g/mol. The van der Waals surface area contributed by atoms with E-state index in [-0.39, 0.29) is 0 Å². The van der Waals surface area contributed by atoms with Crippen LogP contribution in [0.4, 0.5) is 10.2 Å². The molecule has 0 fully saturated rings. The van der Waals surface area contributed by atoms with Gasteiger partial charge >= 0.3 is 11.8 Å². The summed E-state index contributed by atoms with van der Waals surface area (Å²) in [6, 6.07) is 1.15. The standard InChI is InChI=1S/C6H3FN2O4/c7-3-1-4(6(10)11)8-5(2-3)9(12)13/h1-2H,(H,10,11). The van der Waals surface area contributed by atoms with Gasteiger partial charge in [-0.1, -0.05) is 0 Å². The lowest BCUT2D eigenvalue weighted by atomic mass is 10.3. The molecule has 1 aromatic rings. The second kappa shape index (κ2) is 3.13. The van der Waals surface area contributed by atoms with E-state index >= 15 is 0 Å². The SMILES string of the molecule is O=C(O)c1cc(F)cc([N+](=O)[O-])n1. The Kier molecular flexibility index (Phi) is 2.18. The first-order chi connectivity index (χ1) is 6.00. The minimum atomic E-state index is -1.51. The van der Waals surface area contributed by atoms with Gasteiger partial charge in [-0.05, 0) is 9.91 Å². The number of nitrogens with zero attached hydrogens (tertiary/aromatic N) is 2. The highest BCUT2D eigenvalue weighted by atomic mass is 19.1. The summed E-state index contributed by atoms with van der Waals surface area (Å²) in [5.74, 6) is -3.33. The lowest BCUT2D eigenvalue weighted by molar-refractivity contribution is -0.389. The number of rotatable bonds is 2. The van der Waals surface area contributed by atoms with E-state index in [1.165, 1.54) is 0 Å². The molecule has 0 aliphatic heterocycles. The third-order valence-corrected chi connectivity index (χ3v) is 1.18. The van der Waals surface area contributed by atoms with E-state index < -0.39 is 28.2 Å². The molecule has 68 valence electrons. The van der Waals surface area contributed by atoms with Gasteiger partial charge in [0.25, 0.3) is 5.69 Å². The Labute approximate surface area is 70.8 Å². The summed E-state index contributed by atoms with van der Waals surface area (Å²) < 4.78 is 12.5. The van der Waals surface area contributed by atoms with E-state index in [1.54, 1.807) is 0 Å². The molecule has 1 aromatic heterocycles. The molecular weight excluding hydrogens is 183 g/mol. The van der Waals surface area contributed by atoms with Crippen molar-refractivity contribution in [2.24, 2.45) is 0 Å². The molecule has 1 rings (SSSR count). The summed E-state index contributed by atoms with van der Waals surface area (Å²) in [5.41, 5.74) is -0.688. The van der Waals surface area contributed by atoms with Crippen molar-refractivity contribution in [1.29, 1.82) is 0 Å². The van der Waals surface area contributed by atoms with Gasteiger partial charge in [0.15, 0.2) is 0 Å². The normalized spacial score (nSPS) is 9.62. The van der Waals surface area contributed by atoms with E-state index in [4.69, 9.17) is 5.11 Å². The zero-order chi connectivity index (χ0) is 10.0. The van der Waals surface area contributed by atoms with Crippen LogP contribution >= 0.6 is 0 Å². The fourth-order valence-corrected chi connectivity index (χ4v) is 0.687. The van der Waals surface area contributed by atoms with Gasteiger partial charge < -0.3 is 15.2 Å². The first kappa shape index (κ1) is 9.04. The van der Waals surface area contributed by atoms with Crippen LogP contribution in [0.1, 0.15) is 10.5 Å². The average Bonchev–Trinajstić information content (AvgIpc) is 2.03. The lowest BCUT2D eigenvalue weighted by Crippen LogP contribution is -2.03. The first-order valence-electron chi connectivity index (χ1n) is 3.06. The Balaban J connectivity index is 3.26. The maximum Gasteiger partial charge on any atom is 0.380 e. The smallest absolute Gasteiger partial charge is 0.380 e. The summed E-state index contributed by atoms with van der Waals surface area (Å²) in [6.45, 7) is 0. The van der Waals surface area contributed by atoms with Gasteiger partial charge in [-0.15, -0.1) is 0 Å². The third-order valence-electron chi connectivity index (χ3n) is 1.18. The summed E-state index contributed by atoms with van der Waals surface area (Å²) in [6.07, 6.45) is 0. The summed E-state index contributed by atoms with van der Waals surface area (Å²) >= 11 is 0. The molecule has 13 heavy (non-hydrogen) atoms. The Hall–Kier alpha value is -2.05. The van der Waals surface area contributed by atoms with Gasteiger partial charge in [0.1, 0.15) is 5.82 Å². The van der Waals surface area contributed by atoms with Gasteiger partial charge in [-0.3, -0.25) is 0 Å². The number of aromatic carboxylic acids is 1. The first-order valence-corrected chi connectivity index (χ1v) is 3.06. The minimum absolute atomic E-state index is 0.548. The van der Waals surface area contributed by atoms with Crippen LogP contribution in [0.25, 0.3) is 0 Å². The highest BCUT2D eigenvalue weighted by Gasteiger charge is 2.18. The van der Waals surface area contributed by atoms with Crippen molar-refractivity contribution >= 4 is 11.8 Å². The summed E-state index contributed by atoms with van der Waals surface area (Å²) in [7, 11) is 0. The van der Waals surface area contributed by atoms with E-state index in [1.807, 2.05) is 0 Å². The molecule has 0 radical (unpaired) electrons. The van der Waals surface area contributed by atoms with Crippen LogP contribution in [-0.2, 0) is 0 Å². The minimum Gasteiger partial charge on any atom is -0.475 e. The molecule has 0 amide bonds. The van der Waals surface area contributed by atoms with Crippen LogP contribution in [0.3, 0.4) is 0 Å². The number of aromatic nitrogens is 1. The van der Waals surface area contributed by atoms with E-state index in [0.717, 1.165) is 0 Å². The van der Waals surface area contributed by atoms with E-state index in [0.29, 0.717) is 12.1 Å². The number of pyridine rings is 1. The van der Waals surface area contributed by atoms with Crippen molar-refractivity contribution in [3.8, 4) is 0 Å². The van der Waals surface area contributed by atoms with Crippen molar-refractivity contribution in [2.45, 2.75) is 0 Å². The molecule has 0 aliphatic carbocycles. The molecule has 0 spiro atoms. The maximum absolute atomic E-state index is 12.5. The highest BCUT2D eigenvalue weighted by Crippen LogP contribution is 2.11. The second-order valence-corrected chi connectivity index (χ2v) is 2.09. The van der Waals surface area contributed by atoms with Gasteiger partial charge in [0, 0.05) is 6.07 Å². The maximum atomic E-state index is 12.5. The molecular formula is C6H3FN2O4. The number of hydrogen-bond donors (Lipinski definition) is 1. The molecule has 1 N–H and O–H groups in total.